The summed E-state index contributed by atoms with van der Waals surface area (Å²) in [5, 5.41) is 10.1. The smallest absolute Gasteiger partial charge is 0.342 e. The first-order chi connectivity index (χ1) is 13.1. The molecule has 0 saturated heterocycles. The molecule has 0 spiro atoms. The molecule has 27 heavy (non-hydrogen) atoms. The molecule has 0 aliphatic carbocycles. The van der Waals surface area contributed by atoms with E-state index in [1.807, 2.05) is 54.6 Å². The predicted molar refractivity (Wildman–Crippen MR) is 109 cm³/mol. The molecule has 0 aliphatic heterocycles. The van der Waals surface area contributed by atoms with Gasteiger partial charge in [0.05, 0.1) is 11.0 Å². The van der Waals surface area contributed by atoms with Gasteiger partial charge in [0, 0.05) is 16.1 Å². The highest BCUT2D eigenvalue weighted by Crippen LogP contribution is 2.30. The first-order valence-corrected chi connectivity index (χ1v) is 9.63. The second-order valence-electron chi connectivity index (χ2n) is 5.68. The van der Waals surface area contributed by atoms with Gasteiger partial charge in [0.25, 0.3) is 0 Å². The zero-order valence-electron chi connectivity index (χ0n) is 13.8. The Morgan fingerprint density at radius 1 is 1.11 bits per heavy atom. The van der Waals surface area contributed by atoms with Crippen LogP contribution in [0.2, 0.25) is 0 Å². The van der Waals surface area contributed by atoms with E-state index in [4.69, 9.17) is 4.42 Å². The summed E-state index contributed by atoms with van der Waals surface area (Å²) >= 11 is 4.45. The van der Waals surface area contributed by atoms with Crippen LogP contribution in [0, 0.1) is 0 Å². The van der Waals surface area contributed by atoms with Gasteiger partial charge < -0.3 is 14.5 Å². The fourth-order valence-electron chi connectivity index (χ4n) is 2.55. The minimum Gasteiger partial charge on any atom is -0.477 e. The minimum atomic E-state index is -1.04. The lowest BCUT2D eigenvalue weighted by Crippen LogP contribution is -1.96. The molecular formula is C20H13BrN2O3S. The van der Waals surface area contributed by atoms with E-state index in [1.165, 1.54) is 6.08 Å². The number of para-hydroxylation sites is 2. The number of nitrogens with one attached hydrogen (secondary N) is 1. The molecule has 4 aromatic rings. The molecule has 0 unspecified atom stereocenters. The molecule has 2 heterocycles. The van der Waals surface area contributed by atoms with E-state index in [-0.39, 0.29) is 4.91 Å². The van der Waals surface area contributed by atoms with Crippen molar-refractivity contribution in [1.29, 1.82) is 0 Å². The molecule has 2 aromatic heterocycles. The Hall–Kier alpha value is -2.77. The molecule has 0 atom stereocenters. The number of furan rings is 1. The Morgan fingerprint density at radius 2 is 1.89 bits per heavy atom. The number of hydrogen-bond acceptors (Lipinski definition) is 4. The molecule has 5 nitrogen and oxygen atoms in total. The molecule has 0 radical (unpaired) electrons. The number of imidazole rings is 1. The van der Waals surface area contributed by atoms with Crippen LogP contribution in [0.25, 0.3) is 28.4 Å². The van der Waals surface area contributed by atoms with Crippen LogP contribution in [-0.4, -0.2) is 21.0 Å². The molecule has 7 heteroatoms. The molecule has 0 aliphatic rings. The van der Waals surface area contributed by atoms with Crippen LogP contribution >= 0.6 is 27.7 Å². The number of aliphatic carboxylic acids is 1. The topological polar surface area (TPSA) is 79.1 Å². The highest BCUT2D eigenvalue weighted by atomic mass is 79.9. The van der Waals surface area contributed by atoms with E-state index < -0.39 is 5.97 Å². The third-order valence-electron chi connectivity index (χ3n) is 3.81. The number of aromatic amines is 1. The van der Waals surface area contributed by atoms with Crippen LogP contribution in [0.4, 0.5) is 0 Å². The molecule has 2 N–H and O–H groups in total. The van der Waals surface area contributed by atoms with E-state index in [9.17, 15) is 9.90 Å². The first-order valence-electron chi connectivity index (χ1n) is 8.02. The maximum atomic E-state index is 11.7. The number of rotatable bonds is 5. The van der Waals surface area contributed by atoms with Crippen LogP contribution in [0.1, 0.15) is 5.76 Å². The summed E-state index contributed by atoms with van der Waals surface area (Å²) in [5.41, 5.74) is 2.57. The van der Waals surface area contributed by atoms with Crippen molar-refractivity contribution in [1.82, 2.24) is 9.97 Å². The van der Waals surface area contributed by atoms with Gasteiger partial charge in [0.2, 0.25) is 0 Å². The molecule has 2 aromatic carbocycles. The summed E-state index contributed by atoms with van der Waals surface area (Å²) in [7, 11) is 0. The number of carboxylic acid groups (broad SMARTS) is 1. The lowest BCUT2D eigenvalue weighted by molar-refractivity contribution is -0.131. The number of aromatic nitrogens is 2. The third-order valence-corrected chi connectivity index (χ3v) is 5.24. The standard InChI is InChI=1S/C20H13BrN2O3S/c21-13-7-5-12(6-8-13)17-10-9-14(26-17)11-18(19(24)25)27-20-22-15-3-1-2-4-16(15)23-20/h1-11H,(H,22,23)(H,24,25)/b18-11-. The number of H-pyrrole nitrogens is 1. The van der Waals surface area contributed by atoms with Crippen molar-refractivity contribution in [2.75, 3.05) is 0 Å². The quantitative estimate of drug-likeness (QED) is 0.302. The van der Waals surface area contributed by atoms with E-state index in [2.05, 4.69) is 25.9 Å². The van der Waals surface area contributed by atoms with Gasteiger partial charge >= 0.3 is 5.97 Å². The van der Waals surface area contributed by atoms with E-state index in [1.54, 1.807) is 6.07 Å². The zero-order valence-corrected chi connectivity index (χ0v) is 16.3. The second-order valence-corrected chi connectivity index (χ2v) is 7.63. The summed E-state index contributed by atoms with van der Waals surface area (Å²) in [6.07, 6.45) is 1.50. The van der Waals surface area contributed by atoms with Gasteiger partial charge in [-0.05, 0) is 48.2 Å². The van der Waals surface area contributed by atoms with Crippen molar-refractivity contribution >= 4 is 50.8 Å². The normalized spacial score (nSPS) is 11.8. The average molecular weight is 441 g/mol. The highest BCUT2D eigenvalue weighted by Gasteiger charge is 2.14. The molecular weight excluding hydrogens is 428 g/mol. The van der Waals surface area contributed by atoms with Crippen molar-refractivity contribution in [2.45, 2.75) is 5.16 Å². The van der Waals surface area contributed by atoms with Crippen molar-refractivity contribution in [3.63, 3.8) is 0 Å². The van der Waals surface area contributed by atoms with Gasteiger partial charge in [0.15, 0.2) is 5.16 Å². The van der Waals surface area contributed by atoms with Crippen LogP contribution in [0.5, 0.6) is 0 Å². The SMILES string of the molecule is O=C(O)/C(=C/c1ccc(-c2ccc(Br)cc2)o1)Sc1nc2ccccc2[nH]1. The van der Waals surface area contributed by atoms with Gasteiger partial charge in [0.1, 0.15) is 16.4 Å². The number of thioether (sulfide) groups is 1. The largest absolute Gasteiger partial charge is 0.477 e. The molecule has 0 saturated carbocycles. The summed E-state index contributed by atoms with van der Waals surface area (Å²) in [4.78, 5) is 19.3. The monoisotopic (exact) mass is 440 g/mol. The van der Waals surface area contributed by atoms with Gasteiger partial charge in [-0.3, -0.25) is 0 Å². The number of benzene rings is 2. The van der Waals surface area contributed by atoms with Crippen LogP contribution < -0.4 is 0 Å². The summed E-state index contributed by atoms with van der Waals surface area (Å²) in [5.74, 6) is 0.100. The second kappa shape index (κ2) is 7.46. The van der Waals surface area contributed by atoms with Crippen molar-refractivity contribution < 1.29 is 14.3 Å². The number of carbonyl (C=O) groups is 1. The van der Waals surface area contributed by atoms with Crippen LogP contribution in [0.15, 0.2) is 79.6 Å². The van der Waals surface area contributed by atoms with Gasteiger partial charge in [-0.15, -0.1) is 0 Å². The number of carboxylic acids is 1. The Balaban J connectivity index is 1.61. The Kier molecular flexibility index (Phi) is 4.87. The maximum absolute atomic E-state index is 11.7. The fourth-order valence-corrected chi connectivity index (χ4v) is 3.59. The van der Waals surface area contributed by atoms with E-state index in [0.29, 0.717) is 16.7 Å². The van der Waals surface area contributed by atoms with E-state index >= 15 is 0 Å². The third kappa shape index (κ3) is 3.99. The molecule has 134 valence electrons. The zero-order chi connectivity index (χ0) is 18.8. The molecule has 4 rings (SSSR count). The van der Waals surface area contributed by atoms with Crippen molar-refractivity contribution in [2.24, 2.45) is 0 Å². The fraction of sp³-hybridized carbons (Fsp3) is 0. The maximum Gasteiger partial charge on any atom is 0.342 e. The number of hydrogen-bond donors (Lipinski definition) is 2. The minimum absolute atomic E-state index is 0.116. The highest BCUT2D eigenvalue weighted by molar-refractivity contribution is 9.10. The average Bonchev–Trinajstić information content (AvgIpc) is 3.28. The Labute approximate surface area is 167 Å². The first kappa shape index (κ1) is 17.6. The molecule has 0 fully saturated rings. The summed E-state index contributed by atoms with van der Waals surface area (Å²) < 4.78 is 6.77. The Bertz CT molecular complexity index is 1110. The molecule has 0 amide bonds. The summed E-state index contributed by atoms with van der Waals surface area (Å²) in [6.45, 7) is 0. The van der Waals surface area contributed by atoms with Crippen molar-refractivity contribution in [3.05, 3.63) is 75.8 Å². The van der Waals surface area contributed by atoms with Gasteiger partial charge in [-0.2, -0.15) is 0 Å². The van der Waals surface area contributed by atoms with Crippen LogP contribution in [0.3, 0.4) is 0 Å². The molecule has 0 bridgehead atoms. The van der Waals surface area contributed by atoms with Gasteiger partial charge in [-0.1, -0.05) is 40.2 Å². The van der Waals surface area contributed by atoms with E-state index in [0.717, 1.165) is 32.8 Å². The summed E-state index contributed by atoms with van der Waals surface area (Å²) in [6, 6.07) is 18.8. The van der Waals surface area contributed by atoms with Crippen molar-refractivity contribution in [3.8, 4) is 11.3 Å². The number of nitrogens with zero attached hydrogens (tertiary/aromatic N) is 1. The predicted octanol–water partition coefficient (Wildman–Crippen LogP) is 5.80. The van der Waals surface area contributed by atoms with Crippen LogP contribution in [-0.2, 0) is 4.79 Å². The lowest BCUT2D eigenvalue weighted by atomic mass is 10.2. The lowest BCUT2D eigenvalue weighted by Gasteiger charge is -1.99. The van der Waals surface area contributed by atoms with Gasteiger partial charge in [-0.25, -0.2) is 9.78 Å². The Morgan fingerprint density at radius 3 is 2.63 bits per heavy atom. The number of halogens is 1. The number of fused-ring (bicyclic) bond motifs is 1.